The van der Waals surface area contributed by atoms with Gasteiger partial charge in [0.2, 0.25) is 5.78 Å². The van der Waals surface area contributed by atoms with Crippen LogP contribution in [-0.2, 0) is 19.1 Å². The molecule has 112 valence electrons. The molecule has 1 aromatic rings. The van der Waals surface area contributed by atoms with Crippen LogP contribution in [0.1, 0.15) is 23.2 Å². The summed E-state index contributed by atoms with van der Waals surface area (Å²) in [5.74, 6) is -2.73. The highest BCUT2D eigenvalue weighted by Crippen LogP contribution is 2.10. The second kappa shape index (κ2) is 8.47. The van der Waals surface area contributed by atoms with Crippen LogP contribution in [0.5, 0.6) is 5.75 Å². The molecule has 1 rings (SSSR count). The molecule has 1 N–H and O–H groups in total. The lowest BCUT2D eigenvalue weighted by Crippen LogP contribution is -2.16. The Kier molecular flexibility index (Phi) is 6.59. The van der Waals surface area contributed by atoms with Crippen molar-refractivity contribution in [2.45, 2.75) is 12.8 Å². The van der Waals surface area contributed by atoms with Gasteiger partial charge < -0.3 is 14.6 Å². The first-order valence-electron chi connectivity index (χ1n) is 6.12. The largest absolute Gasteiger partial charge is 0.490 e. The Balaban J connectivity index is 2.18. The zero-order valence-electron chi connectivity index (χ0n) is 11.1. The smallest absolute Gasteiger partial charge is 0.372 e. The normalized spacial score (nSPS) is 9.71. The molecule has 7 heteroatoms. The molecule has 1 aromatic carbocycles. The Bertz CT molecular complexity index is 519. The van der Waals surface area contributed by atoms with Gasteiger partial charge in [-0.3, -0.25) is 14.4 Å². The standard InChI is InChI=1S/C14H14O7/c15-9-10-1-3-11(4-2-10)20-7-8-21-13(17)6-5-12(16)14(18)19/h1-4,9H,5-8H2,(H,18,19). The van der Waals surface area contributed by atoms with Crippen LogP contribution in [0.2, 0.25) is 0 Å². The second-order valence-corrected chi connectivity index (χ2v) is 3.98. The maximum Gasteiger partial charge on any atom is 0.372 e. The van der Waals surface area contributed by atoms with E-state index in [-0.39, 0.29) is 26.1 Å². The van der Waals surface area contributed by atoms with Crippen LogP contribution in [-0.4, -0.2) is 42.3 Å². The van der Waals surface area contributed by atoms with Crippen molar-refractivity contribution in [2.75, 3.05) is 13.2 Å². The van der Waals surface area contributed by atoms with E-state index >= 15 is 0 Å². The van der Waals surface area contributed by atoms with Gasteiger partial charge in [0.1, 0.15) is 25.2 Å². The highest BCUT2D eigenvalue weighted by atomic mass is 16.6. The summed E-state index contributed by atoms with van der Waals surface area (Å²) in [5, 5.41) is 8.33. The third-order valence-corrected chi connectivity index (χ3v) is 2.43. The topological polar surface area (TPSA) is 107 Å². The summed E-state index contributed by atoms with van der Waals surface area (Å²) in [7, 11) is 0. The second-order valence-electron chi connectivity index (χ2n) is 3.98. The Morgan fingerprint density at radius 3 is 2.29 bits per heavy atom. The molecule has 0 aliphatic carbocycles. The number of carbonyl (C=O) groups is 4. The average molecular weight is 294 g/mol. The van der Waals surface area contributed by atoms with E-state index in [4.69, 9.17) is 14.6 Å². The summed E-state index contributed by atoms with van der Waals surface area (Å²) in [6.45, 7) is 0.0918. The molecule has 0 unspecified atom stereocenters. The minimum atomic E-state index is -1.56. The monoisotopic (exact) mass is 294 g/mol. The SMILES string of the molecule is O=Cc1ccc(OCCOC(=O)CCC(=O)C(=O)O)cc1. The van der Waals surface area contributed by atoms with Gasteiger partial charge in [0, 0.05) is 12.0 Å². The molecule has 21 heavy (non-hydrogen) atoms. The predicted molar refractivity (Wildman–Crippen MR) is 70.2 cm³/mol. The Labute approximate surface area is 120 Å². The molecule has 0 saturated heterocycles. The number of hydrogen-bond donors (Lipinski definition) is 1. The fraction of sp³-hybridized carbons (Fsp3) is 0.286. The van der Waals surface area contributed by atoms with Crippen LogP contribution in [0.25, 0.3) is 0 Å². The first-order chi connectivity index (χ1) is 10.0. The minimum Gasteiger partial charge on any atom is -0.490 e. The van der Waals surface area contributed by atoms with Crippen molar-refractivity contribution in [1.82, 2.24) is 0 Å². The van der Waals surface area contributed by atoms with Crippen LogP contribution in [0, 0.1) is 0 Å². The lowest BCUT2D eigenvalue weighted by molar-refractivity contribution is -0.151. The van der Waals surface area contributed by atoms with Crippen molar-refractivity contribution in [3.05, 3.63) is 29.8 Å². The number of Topliss-reactive ketones (excluding diaryl/α,β-unsaturated/α-hetero) is 1. The highest BCUT2D eigenvalue weighted by Gasteiger charge is 2.14. The molecule has 7 nitrogen and oxygen atoms in total. The molecule has 0 radical (unpaired) electrons. The summed E-state index contributed by atoms with van der Waals surface area (Å²) in [4.78, 5) is 42.6. The third kappa shape index (κ3) is 6.33. The van der Waals surface area contributed by atoms with E-state index in [0.29, 0.717) is 17.6 Å². The zero-order valence-corrected chi connectivity index (χ0v) is 11.1. The molecular formula is C14H14O7. The third-order valence-electron chi connectivity index (χ3n) is 2.43. The van der Waals surface area contributed by atoms with Crippen molar-refractivity contribution in [3.8, 4) is 5.75 Å². The number of ether oxygens (including phenoxy) is 2. The van der Waals surface area contributed by atoms with Crippen LogP contribution in [0.4, 0.5) is 0 Å². The molecule has 0 bridgehead atoms. The molecule has 0 aliphatic rings. The highest BCUT2D eigenvalue weighted by molar-refractivity contribution is 6.32. The Hall–Kier alpha value is -2.70. The van der Waals surface area contributed by atoms with Gasteiger partial charge in [-0.1, -0.05) is 0 Å². The number of carboxylic acids is 1. The summed E-state index contributed by atoms with van der Waals surface area (Å²) < 4.78 is 10.0. The van der Waals surface area contributed by atoms with Gasteiger partial charge in [0.25, 0.3) is 0 Å². The number of aliphatic carboxylic acids is 1. The quantitative estimate of drug-likeness (QED) is 0.311. The van der Waals surface area contributed by atoms with E-state index in [0.717, 1.165) is 0 Å². The number of benzene rings is 1. The molecular weight excluding hydrogens is 280 g/mol. The van der Waals surface area contributed by atoms with E-state index in [2.05, 4.69) is 0 Å². The van der Waals surface area contributed by atoms with Crippen molar-refractivity contribution in [1.29, 1.82) is 0 Å². The van der Waals surface area contributed by atoms with E-state index in [1.165, 1.54) is 0 Å². The van der Waals surface area contributed by atoms with Gasteiger partial charge in [-0.2, -0.15) is 0 Å². The molecule has 0 spiro atoms. The maximum atomic E-state index is 11.2. The van der Waals surface area contributed by atoms with E-state index in [1.54, 1.807) is 24.3 Å². The summed E-state index contributed by atoms with van der Waals surface area (Å²) in [6.07, 6.45) is 0.0469. The molecule has 0 heterocycles. The van der Waals surface area contributed by atoms with Gasteiger partial charge >= 0.3 is 11.9 Å². The van der Waals surface area contributed by atoms with Gasteiger partial charge in [-0.05, 0) is 24.3 Å². The van der Waals surface area contributed by atoms with Crippen LogP contribution < -0.4 is 4.74 Å². The van der Waals surface area contributed by atoms with Gasteiger partial charge in [0.05, 0.1) is 6.42 Å². The fourth-order valence-electron chi connectivity index (χ4n) is 1.35. The first-order valence-corrected chi connectivity index (χ1v) is 6.12. The first kappa shape index (κ1) is 16.4. The number of esters is 1. The van der Waals surface area contributed by atoms with E-state index in [1.807, 2.05) is 0 Å². The van der Waals surface area contributed by atoms with E-state index < -0.39 is 17.7 Å². The number of carboxylic acid groups (broad SMARTS) is 1. The zero-order chi connectivity index (χ0) is 15.7. The number of hydrogen-bond acceptors (Lipinski definition) is 6. The van der Waals surface area contributed by atoms with Gasteiger partial charge in [0.15, 0.2) is 0 Å². The summed E-state index contributed by atoms with van der Waals surface area (Å²) in [5.41, 5.74) is 0.525. The number of aldehydes is 1. The van der Waals surface area contributed by atoms with Crippen molar-refractivity contribution >= 4 is 24.0 Å². The predicted octanol–water partition coefficient (Wildman–Crippen LogP) is 0.855. The molecule has 0 atom stereocenters. The van der Waals surface area contributed by atoms with E-state index in [9.17, 15) is 19.2 Å². The van der Waals surface area contributed by atoms with Gasteiger partial charge in [-0.25, -0.2) is 4.79 Å². The summed E-state index contributed by atoms with van der Waals surface area (Å²) in [6, 6.07) is 6.39. The van der Waals surface area contributed by atoms with Crippen molar-refractivity contribution in [2.24, 2.45) is 0 Å². The lowest BCUT2D eigenvalue weighted by Gasteiger charge is -2.07. The van der Waals surface area contributed by atoms with Crippen molar-refractivity contribution < 1.29 is 33.8 Å². The molecule has 0 amide bonds. The average Bonchev–Trinajstić information content (AvgIpc) is 2.49. The maximum absolute atomic E-state index is 11.2. The van der Waals surface area contributed by atoms with Crippen molar-refractivity contribution in [3.63, 3.8) is 0 Å². The fourth-order valence-corrected chi connectivity index (χ4v) is 1.35. The Morgan fingerprint density at radius 1 is 1.05 bits per heavy atom. The summed E-state index contributed by atoms with van der Waals surface area (Å²) >= 11 is 0. The minimum absolute atomic E-state index is 0.0183. The number of rotatable bonds is 9. The van der Waals surface area contributed by atoms with Crippen LogP contribution in [0.15, 0.2) is 24.3 Å². The lowest BCUT2D eigenvalue weighted by atomic mass is 10.2. The van der Waals surface area contributed by atoms with Crippen LogP contribution >= 0.6 is 0 Å². The Morgan fingerprint density at radius 2 is 1.71 bits per heavy atom. The molecule has 0 aliphatic heterocycles. The molecule has 0 aromatic heterocycles. The number of ketones is 1. The van der Waals surface area contributed by atoms with Crippen LogP contribution in [0.3, 0.4) is 0 Å². The molecule has 0 saturated carbocycles. The number of carbonyl (C=O) groups excluding carboxylic acids is 3. The molecule has 0 fully saturated rings. The van der Waals surface area contributed by atoms with Gasteiger partial charge in [-0.15, -0.1) is 0 Å².